The summed E-state index contributed by atoms with van der Waals surface area (Å²) in [7, 11) is 0. The van der Waals surface area contributed by atoms with Crippen LogP contribution >= 0.6 is 0 Å². The Morgan fingerprint density at radius 2 is 2.15 bits per heavy atom. The van der Waals surface area contributed by atoms with E-state index in [1.807, 2.05) is 6.07 Å². The van der Waals surface area contributed by atoms with E-state index in [0.717, 1.165) is 30.1 Å². The van der Waals surface area contributed by atoms with Crippen LogP contribution in [0.3, 0.4) is 0 Å². The van der Waals surface area contributed by atoms with Crippen molar-refractivity contribution in [3.05, 3.63) is 33.9 Å². The summed E-state index contributed by atoms with van der Waals surface area (Å²) in [5.74, 6) is 1.84. The number of rotatable bonds is 3. The van der Waals surface area contributed by atoms with E-state index in [9.17, 15) is 10.1 Å². The minimum atomic E-state index is -0.183. The van der Waals surface area contributed by atoms with E-state index in [1.54, 1.807) is 6.07 Å². The van der Waals surface area contributed by atoms with Gasteiger partial charge in [0.2, 0.25) is 0 Å². The number of hydrogen-bond acceptors (Lipinski definition) is 3. The smallest absolute Gasteiger partial charge is 0.275 e. The predicted octanol–water partition coefficient (Wildman–Crippen LogP) is 3.71. The van der Waals surface area contributed by atoms with Crippen LogP contribution in [-0.4, -0.2) is 17.5 Å². The molecule has 1 heterocycles. The van der Waals surface area contributed by atoms with E-state index in [-0.39, 0.29) is 4.92 Å². The lowest BCUT2D eigenvalue weighted by Gasteiger charge is -2.33. The number of anilines is 1. The molecule has 2 fully saturated rings. The molecule has 4 heteroatoms. The zero-order valence-electron chi connectivity index (χ0n) is 11.8. The van der Waals surface area contributed by atoms with Crippen LogP contribution in [0.2, 0.25) is 0 Å². The summed E-state index contributed by atoms with van der Waals surface area (Å²) in [5.41, 5.74) is 2.54. The van der Waals surface area contributed by atoms with Gasteiger partial charge < -0.3 is 4.90 Å². The van der Waals surface area contributed by atoms with Crippen molar-refractivity contribution in [2.24, 2.45) is 11.8 Å². The van der Waals surface area contributed by atoms with Crippen molar-refractivity contribution in [3.8, 4) is 0 Å². The Kier molecular flexibility index (Phi) is 2.56. The highest BCUT2D eigenvalue weighted by Gasteiger charge is 2.56. The van der Waals surface area contributed by atoms with Gasteiger partial charge in [-0.15, -0.1) is 0 Å². The molecule has 4 nitrogen and oxygen atoms in total. The Bertz CT molecular complexity index is 572. The lowest BCUT2D eigenvalue weighted by molar-refractivity contribution is -0.385. The highest BCUT2D eigenvalue weighted by molar-refractivity contribution is 5.70. The number of nitrogens with zero attached hydrogens (tertiary/aromatic N) is 2. The number of benzene rings is 1. The van der Waals surface area contributed by atoms with Gasteiger partial charge in [-0.2, -0.15) is 0 Å². The van der Waals surface area contributed by atoms with Gasteiger partial charge in [0.25, 0.3) is 5.69 Å². The van der Waals surface area contributed by atoms with Crippen LogP contribution in [0.4, 0.5) is 11.4 Å². The second-order valence-electron chi connectivity index (χ2n) is 6.51. The number of nitro groups is 1. The van der Waals surface area contributed by atoms with Crippen molar-refractivity contribution in [1.29, 1.82) is 0 Å². The van der Waals surface area contributed by atoms with Gasteiger partial charge in [-0.25, -0.2) is 0 Å². The molecule has 0 saturated heterocycles. The van der Waals surface area contributed by atoms with Gasteiger partial charge >= 0.3 is 0 Å². The maximum absolute atomic E-state index is 11.4. The fraction of sp³-hybridized carbons (Fsp3) is 0.625. The molecule has 0 amide bonds. The Balaban J connectivity index is 1.88. The van der Waals surface area contributed by atoms with Crippen molar-refractivity contribution in [3.63, 3.8) is 0 Å². The van der Waals surface area contributed by atoms with Gasteiger partial charge in [-0.05, 0) is 43.6 Å². The van der Waals surface area contributed by atoms with Crippen LogP contribution in [0.5, 0.6) is 0 Å². The summed E-state index contributed by atoms with van der Waals surface area (Å²) in [5, 5.41) is 11.4. The van der Waals surface area contributed by atoms with Crippen molar-refractivity contribution >= 4 is 11.4 Å². The molecule has 2 unspecified atom stereocenters. The van der Waals surface area contributed by atoms with Crippen molar-refractivity contribution < 1.29 is 4.92 Å². The lowest BCUT2D eigenvalue weighted by Crippen LogP contribution is -2.38. The predicted molar refractivity (Wildman–Crippen MR) is 78.1 cm³/mol. The van der Waals surface area contributed by atoms with E-state index in [0.29, 0.717) is 23.6 Å². The van der Waals surface area contributed by atoms with Crippen LogP contribution in [-0.2, 0) is 0 Å². The van der Waals surface area contributed by atoms with Crippen LogP contribution in [0.1, 0.15) is 44.1 Å². The fourth-order valence-electron chi connectivity index (χ4n) is 5.08. The van der Waals surface area contributed by atoms with E-state index < -0.39 is 0 Å². The molecule has 0 spiro atoms. The average Bonchev–Trinajstić information content (AvgIpc) is 3.11. The Labute approximate surface area is 118 Å². The average molecular weight is 272 g/mol. The van der Waals surface area contributed by atoms with Gasteiger partial charge in [-0.1, -0.05) is 13.0 Å². The molecule has 20 heavy (non-hydrogen) atoms. The summed E-state index contributed by atoms with van der Waals surface area (Å²) in [6.07, 6.45) is 4.95. The molecule has 0 aromatic heterocycles. The first-order valence-corrected chi connectivity index (χ1v) is 7.76. The molecular formula is C16H20N2O2. The first-order valence-electron chi connectivity index (χ1n) is 7.76. The van der Waals surface area contributed by atoms with Gasteiger partial charge in [0.1, 0.15) is 0 Å². The molecule has 2 bridgehead atoms. The summed E-state index contributed by atoms with van der Waals surface area (Å²) >= 11 is 0. The van der Waals surface area contributed by atoms with E-state index in [2.05, 4.69) is 17.9 Å². The first-order chi connectivity index (χ1) is 9.72. The Hall–Kier alpha value is -1.58. The highest BCUT2D eigenvalue weighted by atomic mass is 16.6. The molecule has 2 saturated carbocycles. The molecule has 1 aliphatic heterocycles. The molecule has 2 aliphatic carbocycles. The standard InChI is InChI=1S/C16H20N2O2/c1-2-8-17-12-4-3-5-13(18(19)20)15(12)14-10-6-7-11(9-10)16(14)17/h3-5,10-11,14,16H,2,6-9H2,1H3/t10?,11?,14-,16-/m1/s1. The number of nitro benzene ring substituents is 1. The normalized spacial score (nSPS) is 33.4. The van der Waals surface area contributed by atoms with Crippen molar-refractivity contribution in [1.82, 2.24) is 0 Å². The molecule has 3 aliphatic rings. The molecular weight excluding hydrogens is 252 g/mol. The zero-order chi connectivity index (χ0) is 13.9. The summed E-state index contributed by atoms with van der Waals surface area (Å²) in [6, 6.07) is 6.17. The van der Waals surface area contributed by atoms with E-state index in [4.69, 9.17) is 0 Å². The van der Waals surface area contributed by atoms with Gasteiger partial charge in [0.15, 0.2) is 0 Å². The second kappa shape index (κ2) is 4.21. The molecule has 106 valence electrons. The Morgan fingerprint density at radius 3 is 2.90 bits per heavy atom. The minimum absolute atomic E-state index is 0.183. The third-order valence-corrected chi connectivity index (χ3v) is 5.60. The third-order valence-electron chi connectivity index (χ3n) is 5.60. The largest absolute Gasteiger partial charge is 0.367 e. The van der Waals surface area contributed by atoms with Crippen molar-refractivity contribution in [2.75, 3.05) is 11.4 Å². The number of fused-ring (bicyclic) bond motifs is 7. The SMILES string of the molecule is CCCN1c2cccc([N+](=O)[O-])c2[C@H]2C3CCC(C3)[C@H]21. The molecule has 4 rings (SSSR count). The monoisotopic (exact) mass is 272 g/mol. The summed E-state index contributed by atoms with van der Waals surface area (Å²) < 4.78 is 0. The molecule has 0 N–H and O–H groups in total. The maximum atomic E-state index is 11.4. The van der Waals surface area contributed by atoms with Crippen LogP contribution in [0, 0.1) is 22.0 Å². The third kappa shape index (κ3) is 1.42. The van der Waals surface area contributed by atoms with Gasteiger partial charge in [0, 0.05) is 30.3 Å². The maximum Gasteiger partial charge on any atom is 0.275 e. The highest BCUT2D eigenvalue weighted by Crippen LogP contribution is 2.62. The van der Waals surface area contributed by atoms with Gasteiger partial charge in [-0.3, -0.25) is 10.1 Å². The summed E-state index contributed by atoms with van der Waals surface area (Å²) in [4.78, 5) is 13.7. The first kappa shape index (κ1) is 12.2. The van der Waals surface area contributed by atoms with Gasteiger partial charge in [0.05, 0.1) is 10.5 Å². The lowest BCUT2D eigenvalue weighted by atomic mass is 9.81. The number of hydrogen-bond donors (Lipinski definition) is 0. The topological polar surface area (TPSA) is 46.4 Å². The molecule has 1 aromatic carbocycles. The quantitative estimate of drug-likeness (QED) is 0.622. The van der Waals surface area contributed by atoms with Crippen molar-refractivity contribution in [2.45, 2.75) is 44.6 Å². The molecule has 0 radical (unpaired) electrons. The van der Waals surface area contributed by atoms with Crippen LogP contribution in [0.25, 0.3) is 0 Å². The zero-order valence-corrected chi connectivity index (χ0v) is 11.8. The summed E-state index contributed by atoms with van der Waals surface area (Å²) in [6.45, 7) is 3.22. The second-order valence-corrected chi connectivity index (χ2v) is 6.51. The Morgan fingerprint density at radius 1 is 1.35 bits per heavy atom. The van der Waals surface area contributed by atoms with E-state index >= 15 is 0 Å². The van der Waals surface area contributed by atoms with E-state index in [1.165, 1.54) is 19.3 Å². The molecule has 1 aromatic rings. The molecule has 4 atom stereocenters. The van der Waals surface area contributed by atoms with Crippen LogP contribution < -0.4 is 4.90 Å². The fourth-order valence-corrected chi connectivity index (χ4v) is 5.08. The minimum Gasteiger partial charge on any atom is -0.367 e. The van der Waals surface area contributed by atoms with Crippen LogP contribution in [0.15, 0.2) is 18.2 Å².